The minimum atomic E-state index is -0.749. The van der Waals surface area contributed by atoms with Crippen LogP contribution in [0, 0.1) is 5.82 Å². The van der Waals surface area contributed by atoms with Gasteiger partial charge >= 0.3 is 0 Å². The molecule has 1 atom stereocenters. The molecule has 3 nitrogen and oxygen atoms in total. The minimum absolute atomic E-state index is 0.176. The first-order valence-corrected chi connectivity index (χ1v) is 5.98. The lowest BCUT2D eigenvalue weighted by Gasteiger charge is -2.10. The first-order valence-electron chi connectivity index (χ1n) is 5.10. The third kappa shape index (κ3) is 2.81. The quantitative estimate of drug-likeness (QED) is 0.910. The second-order valence-corrected chi connectivity index (χ2v) is 4.52. The molecule has 90 valence electrons. The van der Waals surface area contributed by atoms with Crippen LogP contribution in [0.1, 0.15) is 16.7 Å². The van der Waals surface area contributed by atoms with Crippen molar-refractivity contribution in [1.29, 1.82) is 0 Å². The van der Waals surface area contributed by atoms with Gasteiger partial charge in [-0.15, -0.1) is 11.3 Å². The van der Waals surface area contributed by atoms with E-state index in [4.69, 9.17) is 4.74 Å². The van der Waals surface area contributed by atoms with Crippen molar-refractivity contribution in [3.8, 4) is 5.75 Å². The van der Waals surface area contributed by atoms with Crippen molar-refractivity contribution in [2.75, 3.05) is 7.11 Å². The van der Waals surface area contributed by atoms with E-state index in [0.29, 0.717) is 12.0 Å². The van der Waals surface area contributed by atoms with Crippen LogP contribution in [0.15, 0.2) is 29.8 Å². The molecule has 0 aliphatic rings. The van der Waals surface area contributed by atoms with E-state index in [-0.39, 0.29) is 5.75 Å². The van der Waals surface area contributed by atoms with Gasteiger partial charge in [-0.2, -0.15) is 0 Å². The molecule has 0 aliphatic heterocycles. The largest absolute Gasteiger partial charge is 0.494 e. The number of benzene rings is 1. The van der Waals surface area contributed by atoms with Crippen LogP contribution in [0.25, 0.3) is 0 Å². The van der Waals surface area contributed by atoms with Crippen LogP contribution < -0.4 is 4.74 Å². The Kier molecular flexibility index (Phi) is 3.71. The number of hydrogen-bond acceptors (Lipinski definition) is 4. The summed E-state index contributed by atoms with van der Waals surface area (Å²) in [5.74, 6) is -0.293. The number of aliphatic hydroxyl groups excluding tert-OH is 1. The van der Waals surface area contributed by atoms with E-state index in [1.807, 2.05) is 5.38 Å². The van der Waals surface area contributed by atoms with Crippen LogP contribution in [0.4, 0.5) is 4.39 Å². The summed E-state index contributed by atoms with van der Waals surface area (Å²) in [6.07, 6.45) is 1.33. The highest BCUT2D eigenvalue weighted by Gasteiger charge is 2.12. The van der Waals surface area contributed by atoms with Crippen molar-refractivity contribution in [2.45, 2.75) is 12.5 Å². The molecule has 0 aliphatic carbocycles. The summed E-state index contributed by atoms with van der Waals surface area (Å²) < 4.78 is 18.3. The molecule has 5 heteroatoms. The van der Waals surface area contributed by atoms with Crippen LogP contribution in [-0.2, 0) is 6.42 Å². The monoisotopic (exact) mass is 253 g/mol. The molecule has 0 bridgehead atoms. The topological polar surface area (TPSA) is 42.4 Å². The Hall–Kier alpha value is -1.46. The summed E-state index contributed by atoms with van der Waals surface area (Å²) in [6, 6.07) is 4.45. The van der Waals surface area contributed by atoms with Gasteiger partial charge in [0.05, 0.1) is 18.2 Å². The van der Waals surface area contributed by atoms with Gasteiger partial charge in [-0.25, -0.2) is 9.37 Å². The Morgan fingerprint density at radius 3 is 2.94 bits per heavy atom. The second-order valence-electron chi connectivity index (χ2n) is 3.54. The highest BCUT2D eigenvalue weighted by Crippen LogP contribution is 2.24. The third-order valence-corrected chi connectivity index (χ3v) is 3.21. The molecule has 0 radical (unpaired) electrons. The lowest BCUT2D eigenvalue weighted by molar-refractivity contribution is 0.177. The predicted octanol–water partition coefficient (Wildman–Crippen LogP) is 2.57. The number of hydrogen-bond donors (Lipinski definition) is 1. The zero-order chi connectivity index (χ0) is 12.3. The molecule has 17 heavy (non-hydrogen) atoms. The van der Waals surface area contributed by atoms with Crippen molar-refractivity contribution >= 4 is 11.3 Å². The molecule has 1 heterocycles. The summed E-state index contributed by atoms with van der Waals surface area (Å²) in [5.41, 5.74) is 0.526. The summed E-state index contributed by atoms with van der Waals surface area (Å²) in [6.45, 7) is 0. The number of halogens is 1. The Morgan fingerprint density at radius 2 is 2.35 bits per heavy atom. The maximum Gasteiger partial charge on any atom is 0.165 e. The van der Waals surface area contributed by atoms with Gasteiger partial charge in [0.1, 0.15) is 0 Å². The summed E-state index contributed by atoms with van der Waals surface area (Å²) in [7, 11) is 1.41. The van der Waals surface area contributed by atoms with Gasteiger partial charge in [-0.1, -0.05) is 6.07 Å². The van der Waals surface area contributed by atoms with Gasteiger partial charge in [0, 0.05) is 18.0 Å². The van der Waals surface area contributed by atoms with Crippen LogP contribution in [0.3, 0.4) is 0 Å². The van der Waals surface area contributed by atoms with Crippen molar-refractivity contribution in [3.05, 3.63) is 46.2 Å². The van der Waals surface area contributed by atoms with Crippen LogP contribution in [-0.4, -0.2) is 17.2 Å². The first kappa shape index (κ1) is 12.0. The molecule has 0 saturated carbocycles. The molecule has 0 spiro atoms. The lowest BCUT2D eigenvalue weighted by atomic mass is 10.1. The minimum Gasteiger partial charge on any atom is -0.494 e. The Morgan fingerprint density at radius 1 is 1.53 bits per heavy atom. The van der Waals surface area contributed by atoms with Crippen LogP contribution in [0.5, 0.6) is 5.75 Å². The fourth-order valence-electron chi connectivity index (χ4n) is 1.53. The lowest BCUT2D eigenvalue weighted by Crippen LogP contribution is -2.02. The van der Waals surface area contributed by atoms with Gasteiger partial charge in [-0.3, -0.25) is 0 Å². The van der Waals surface area contributed by atoms with Crippen molar-refractivity contribution in [2.24, 2.45) is 0 Å². The second kappa shape index (κ2) is 5.25. The number of aromatic nitrogens is 1. The fourth-order valence-corrected chi connectivity index (χ4v) is 2.18. The fraction of sp³-hybridized carbons (Fsp3) is 0.250. The number of nitrogens with zero attached hydrogens (tertiary/aromatic N) is 1. The molecule has 1 N–H and O–H groups in total. The maximum atomic E-state index is 13.4. The number of ether oxygens (including phenoxy) is 1. The zero-order valence-corrected chi connectivity index (χ0v) is 10.1. The molecule has 0 saturated heterocycles. The van der Waals surface area contributed by atoms with E-state index < -0.39 is 11.9 Å². The Bertz CT molecular complexity index is 487. The Balaban J connectivity index is 2.14. The molecular weight excluding hydrogens is 241 g/mol. The average Bonchev–Trinajstić information content (AvgIpc) is 2.81. The normalized spacial score (nSPS) is 12.4. The van der Waals surface area contributed by atoms with E-state index in [9.17, 15) is 9.50 Å². The number of rotatable bonds is 4. The SMILES string of the molecule is COc1ccc(C(O)Cc2nccs2)cc1F. The van der Waals surface area contributed by atoms with E-state index in [0.717, 1.165) is 5.01 Å². The molecule has 1 aromatic carbocycles. The van der Waals surface area contributed by atoms with Gasteiger partial charge in [0.2, 0.25) is 0 Å². The third-order valence-electron chi connectivity index (χ3n) is 2.41. The Labute approximate surface area is 103 Å². The van der Waals surface area contributed by atoms with Crippen molar-refractivity contribution in [1.82, 2.24) is 4.98 Å². The van der Waals surface area contributed by atoms with Gasteiger partial charge in [0.15, 0.2) is 11.6 Å². The average molecular weight is 253 g/mol. The zero-order valence-electron chi connectivity index (χ0n) is 9.26. The van der Waals surface area contributed by atoms with Crippen LogP contribution >= 0.6 is 11.3 Å². The molecule has 1 aromatic heterocycles. The molecule has 0 amide bonds. The molecule has 2 rings (SSSR count). The van der Waals surface area contributed by atoms with Crippen molar-refractivity contribution in [3.63, 3.8) is 0 Å². The summed E-state index contributed by atoms with van der Waals surface area (Å²) in [5, 5.41) is 12.6. The maximum absolute atomic E-state index is 13.4. The highest BCUT2D eigenvalue weighted by molar-refractivity contribution is 7.09. The highest BCUT2D eigenvalue weighted by atomic mass is 32.1. The van der Waals surface area contributed by atoms with Gasteiger partial charge < -0.3 is 9.84 Å². The van der Waals surface area contributed by atoms with E-state index >= 15 is 0 Å². The van der Waals surface area contributed by atoms with Gasteiger partial charge in [0.25, 0.3) is 0 Å². The molecule has 2 aromatic rings. The summed E-state index contributed by atoms with van der Waals surface area (Å²) in [4.78, 5) is 4.08. The van der Waals surface area contributed by atoms with E-state index in [2.05, 4.69) is 4.98 Å². The molecular formula is C12H12FNO2S. The van der Waals surface area contributed by atoms with Crippen molar-refractivity contribution < 1.29 is 14.2 Å². The molecule has 0 fully saturated rings. The van der Waals surface area contributed by atoms with E-state index in [1.54, 1.807) is 12.3 Å². The molecule has 1 unspecified atom stereocenters. The van der Waals surface area contributed by atoms with Crippen LogP contribution in [0.2, 0.25) is 0 Å². The number of thiazole rings is 1. The van der Waals surface area contributed by atoms with Gasteiger partial charge in [-0.05, 0) is 17.7 Å². The number of aliphatic hydroxyl groups is 1. The number of methoxy groups -OCH3 is 1. The first-order chi connectivity index (χ1) is 8.20. The van der Waals surface area contributed by atoms with E-state index in [1.165, 1.54) is 30.6 Å². The smallest absolute Gasteiger partial charge is 0.165 e. The predicted molar refractivity (Wildman–Crippen MR) is 63.7 cm³/mol. The summed E-state index contributed by atoms with van der Waals surface area (Å²) >= 11 is 1.47. The standard InChI is InChI=1S/C12H12FNO2S/c1-16-11-3-2-8(6-9(11)13)10(15)7-12-14-4-5-17-12/h2-6,10,15H,7H2,1H3.